The van der Waals surface area contributed by atoms with E-state index in [0.717, 1.165) is 32.7 Å². The van der Waals surface area contributed by atoms with Crippen LogP contribution in [0.15, 0.2) is 29.2 Å². The van der Waals surface area contributed by atoms with Crippen molar-refractivity contribution in [2.24, 2.45) is 10.6 Å². The van der Waals surface area contributed by atoms with E-state index < -0.39 is 10.0 Å². The molecule has 2 aliphatic heterocycles. The van der Waals surface area contributed by atoms with Crippen molar-refractivity contribution in [1.82, 2.24) is 10.2 Å². The number of rotatable bonds is 5. The quantitative estimate of drug-likeness (QED) is 0.818. The van der Waals surface area contributed by atoms with Crippen molar-refractivity contribution in [3.63, 3.8) is 0 Å². The number of primary sulfonamides is 1. The van der Waals surface area contributed by atoms with Gasteiger partial charge in [0.15, 0.2) is 0 Å². The fourth-order valence-electron chi connectivity index (χ4n) is 3.38. The highest BCUT2D eigenvalue weighted by molar-refractivity contribution is 7.89. The second-order valence-electron chi connectivity index (χ2n) is 6.32. The zero-order valence-electron chi connectivity index (χ0n) is 12.6. The highest BCUT2D eigenvalue weighted by Crippen LogP contribution is 2.35. The monoisotopic (exact) mass is 325 g/mol. The number of hydrogen-bond donors (Lipinski definition) is 2. The topological polar surface area (TPSA) is 84.7 Å². The number of benzene rings is 1. The van der Waals surface area contributed by atoms with E-state index in [0.29, 0.717) is 17.8 Å². The summed E-state index contributed by atoms with van der Waals surface area (Å²) in [6, 6.07) is 6.23. The molecule has 0 aliphatic carbocycles. The molecular weight excluding hydrogens is 302 g/mol. The minimum Gasteiger partial charge on any atom is -0.492 e. The zero-order chi connectivity index (χ0) is 15.6. The van der Waals surface area contributed by atoms with Gasteiger partial charge in [-0.2, -0.15) is 0 Å². The van der Waals surface area contributed by atoms with Crippen molar-refractivity contribution in [3.8, 4) is 5.75 Å². The van der Waals surface area contributed by atoms with Crippen LogP contribution in [0.2, 0.25) is 0 Å². The summed E-state index contributed by atoms with van der Waals surface area (Å²) in [5, 5.41) is 8.52. The Labute approximate surface area is 131 Å². The van der Waals surface area contributed by atoms with Crippen LogP contribution in [0.4, 0.5) is 0 Å². The maximum Gasteiger partial charge on any atom is 0.238 e. The molecule has 122 valence electrons. The largest absolute Gasteiger partial charge is 0.492 e. The van der Waals surface area contributed by atoms with Crippen molar-refractivity contribution in [1.29, 1.82) is 0 Å². The van der Waals surface area contributed by atoms with Gasteiger partial charge in [-0.05, 0) is 55.6 Å². The molecule has 2 saturated heterocycles. The lowest BCUT2D eigenvalue weighted by atomic mass is 9.87. The molecule has 7 heteroatoms. The molecule has 0 bridgehead atoms. The van der Waals surface area contributed by atoms with Gasteiger partial charge in [0.25, 0.3) is 0 Å². The molecule has 0 amide bonds. The molecule has 3 N–H and O–H groups in total. The minimum absolute atomic E-state index is 0.107. The average molecular weight is 325 g/mol. The number of ether oxygens (including phenoxy) is 1. The van der Waals surface area contributed by atoms with Gasteiger partial charge in [-0.15, -0.1) is 0 Å². The van der Waals surface area contributed by atoms with Gasteiger partial charge in [0.2, 0.25) is 10.0 Å². The lowest BCUT2D eigenvalue weighted by Gasteiger charge is -2.22. The Kier molecular flexibility index (Phi) is 4.40. The fraction of sp³-hybridized carbons (Fsp3) is 0.600. The molecule has 1 aromatic rings. The summed E-state index contributed by atoms with van der Waals surface area (Å²) in [6.45, 7) is 6.07. The maximum absolute atomic E-state index is 11.2. The van der Waals surface area contributed by atoms with E-state index in [-0.39, 0.29) is 4.90 Å². The normalized spacial score (nSPS) is 25.9. The van der Waals surface area contributed by atoms with Crippen molar-refractivity contribution in [2.45, 2.75) is 17.7 Å². The first kappa shape index (κ1) is 15.7. The van der Waals surface area contributed by atoms with Crippen LogP contribution in [0.3, 0.4) is 0 Å². The molecule has 0 saturated carbocycles. The number of nitrogens with two attached hydrogens (primary N) is 1. The van der Waals surface area contributed by atoms with Crippen molar-refractivity contribution >= 4 is 10.0 Å². The first-order valence-electron chi connectivity index (χ1n) is 7.66. The maximum atomic E-state index is 11.2. The van der Waals surface area contributed by atoms with Crippen LogP contribution in [0.25, 0.3) is 0 Å². The van der Waals surface area contributed by atoms with Gasteiger partial charge in [0.05, 0.1) is 4.90 Å². The van der Waals surface area contributed by atoms with Gasteiger partial charge < -0.3 is 10.1 Å². The van der Waals surface area contributed by atoms with Crippen LogP contribution >= 0.6 is 0 Å². The summed E-state index contributed by atoms with van der Waals surface area (Å²) in [7, 11) is -3.64. The number of hydrogen-bond acceptors (Lipinski definition) is 5. The molecule has 1 unspecified atom stereocenters. The van der Waals surface area contributed by atoms with Crippen LogP contribution in [-0.2, 0) is 10.0 Å². The summed E-state index contributed by atoms with van der Waals surface area (Å²) in [5.41, 5.74) is 0.483. The Morgan fingerprint density at radius 2 is 2.05 bits per heavy atom. The molecule has 1 aromatic carbocycles. The Morgan fingerprint density at radius 3 is 2.68 bits per heavy atom. The first-order chi connectivity index (χ1) is 10.5. The number of sulfonamides is 1. The van der Waals surface area contributed by atoms with Gasteiger partial charge in [-0.1, -0.05) is 0 Å². The molecule has 1 atom stereocenters. The molecule has 2 fully saturated rings. The van der Waals surface area contributed by atoms with E-state index >= 15 is 0 Å². The van der Waals surface area contributed by atoms with E-state index in [1.807, 2.05) is 0 Å². The zero-order valence-corrected chi connectivity index (χ0v) is 13.4. The summed E-state index contributed by atoms with van der Waals surface area (Å²) >= 11 is 0. The van der Waals surface area contributed by atoms with E-state index in [9.17, 15) is 8.42 Å². The predicted octanol–water partition coefficient (Wildman–Crippen LogP) is 0.398. The average Bonchev–Trinajstić information content (AvgIpc) is 3.09. The van der Waals surface area contributed by atoms with Gasteiger partial charge in [0.1, 0.15) is 12.4 Å². The summed E-state index contributed by atoms with van der Waals surface area (Å²) < 4.78 is 28.1. The van der Waals surface area contributed by atoms with E-state index in [2.05, 4.69) is 10.2 Å². The summed E-state index contributed by atoms with van der Waals surface area (Å²) in [5.74, 6) is 0.670. The Balaban J connectivity index is 1.45. The van der Waals surface area contributed by atoms with E-state index in [1.54, 1.807) is 12.1 Å². The Bertz CT molecular complexity index is 609. The second kappa shape index (κ2) is 6.16. The van der Waals surface area contributed by atoms with E-state index in [4.69, 9.17) is 9.88 Å². The van der Waals surface area contributed by atoms with Crippen LogP contribution < -0.4 is 15.2 Å². The van der Waals surface area contributed by atoms with E-state index in [1.165, 1.54) is 25.0 Å². The Hall–Kier alpha value is -1.15. The van der Waals surface area contributed by atoms with Gasteiger partial charge in [-0.25, -0.2) is 13.6 Å². The lowest BCUT2D eigenvalue weighted by Crippen LogP contribution is -2.31. The number of nitrogens with zero attached hydrogens (tertiary/aromatic N) is 1. The molecule has 6 nitrogen and oxygen atoms in total. The molecule has 1 spiro atoms. The third-order valence-corrected chi connectivity index (χ3v) is 5.61. The number of likely N-dealkylation sites (tertiary alicyclic amines) is 1. The van der Waals surface area contributed by atoms with Crippen molar-refractivity contribution in [3.05, 3.63) is 24.3 Å². The highest BCUT2D eigenvalue weighted by atomic mass is 32.2. The minimum atomic E-state index is -3.64. The van der Waals surface area contributed by atoms with Crippen molar-refractivity contribution in [2.75, 3.05) is 39.3 Å². The molecule has 2 heterocycles. The van der Waals surface area contributed by atoms with Crippen LogP contribution in [0.1, 0.15) is 12.8 Å². The lowest BCUT2D eigenvalue weighted by molar-refractivity contribution is 0.217. The van der Waals surface area contributed by atoms with Gasteiger partial charge >= 0.3 is 0 Å². The fourth-order valence-corrected chi connectivity index (χ4v) is 3.90. The van der Waals surface area contributed by atoms with Crippen LogP contribution in [0.5, 0.6) is 5.75 Å². The molecule has 2 aliphatic rings. The first-order valence-corrected chi connectivity index (χ1v) is 9.20. The number of nitrogens with one attached hydrogen (secondary N) is 1. The van der Waals surface area contributed by atoms with Gasteiger partial charge in [-0.3, -0.25) is 4.90 Å². The van der Waals surface area contributed by atoms with Gasteiger partial charge in [0, 0.05) is 19.6 Å². The van der Waals surface area contributed by atoms with Crippen LogP contribution in [-0.4, -0.2) is 52.6 Å². The third kappa shape index (κ3) is 3.60. The Morgan fingerprint density at radius 1 is 1.27 bits per heavy atom. The molecule has 22 heavy (non-hydrogen) atoms. The molecule has 0 radical (unpaired) electrons. The predicted molar refractivity (Wildman–Crippen MR) is 84.3 cm³/mol. The second-order valence-corrected chi connectivity index (χ2v) is 7.88. The molecular formula is C15H23N3O3S. The standard InChI is InChI=1S/C15H23N3O3S/c16-22(19,20)14-3-1-13(2-4-14)21-10-9-18-8-6-15(12-18)5-7-17-11-15/h1-4,17H,5-12H2,(H2,16,19,20). The smallest absolute Gasteiger partial charge is 0.238 e. The molecule has 3 rings (SSSR count). The summed E-state index contributed by atoms with van der Waals surface area (Å²) in [6.07, 6.45) is 2.54. The molecule has 0 aromatic heterocycles. The summed E-state index contributed by atoms with van der Waals surface area (Å²) in [4.78, 5) is 2.56. The highest BCUT2D eigenvalue weighted by Gasteiger charge is 2.39. The third-order valence-electron chi connectivity index (χ3n) is 4.68. The SMILES string of the molecule is NS(=O)(=O)c1ccc(OCCN2CCC3(CCNC3)C2)cc1. The van der Waals surface area contributed by atoms with Crippen LogP contribution in [0, 0.1) is 5.41 Å². The van der Waals surface area contributed by atoms with Crippen molar-refractivity contribution < 1.29 is 13.2 Å².